The predicted octanol–water partition coefficient (Wildman–Crippen LogP) is 3.40. The van der Waals surface area contributed by atoms with E-state index in [1.807, 2.05) is 24.3 Å². The number of rotatable bonds is 4. The molecule has 0 spiro atoms. The quantitative estimate of drug-likeness (QED) is 0.687. The highest BCUT2D eigenvalue weighted by Crippen LogP contribution is 2.22. The van der Waals surface area contributed by atoms with Crippen LogP contribution in [0.5, 0.6) is 5.75 Å². The number of esters is 1. The summed E-state index contributed by atoms with van der Waals surface area (Å²) in [6.07, 6.45) is 0. The van der Waals surface area contributed by atoms with E-state index in [0.717, 1.165) is 10.0 Å². The number of halogens is 1. The van der Waals surface area contributed by atoms with Gasteiger partial charge in [0.25, 0.3) is 0 Å². The van der Waals surface area contributed by atoms with Crippen molar-refractivity contribution in [2.45, 2.75) is 6.61 Å². The van der Waals surface area contributed by atoms with Crippen LogP contribution in [0.2, 0.25) is 0 Å². The zero-order chi connectivity index (χ0) is 14.5. The number of ether oxygens (including phenoxy) is 2. The Morgan fingerprint density at radius 3 is 2.55 bits per heavy atom. The fourth-order valence-corrected chi connectivity index (χ4v) is 1.95. The highest BCUT2D eigenvalue weighted by molar-refractivity contribution is 9.10. The van der Waals surface area contributed by atoms with Crippen LogP contribution < -0.4 is 10.5 Å². The predicted molar refractivity (Wildman–Crippen MR) is 80.7 cm³/mol. The van der Waals surface area contributed by atoms with Gasteiger partial charge in [-0.1, -0.05) is 28.1 Å². The molecule has 0 saturated carbocycles. The summed E-state index contributed by atoms with van der Waals surface area (Å²) in [7, 11) is 1.49. The van der Waals surface area contributed by atoms with Crippen molar-refractivity contribution in [1.82, 2.24) is 0 Å². The number of anilines is 1. The number of hydrogen-bond donors (Lipinski definition) is 1. The number of hydrogen-bond acceptors (Lipinski definition) is 4. The maximum atomic E-state index is 12.0. The van der Waals surface area contributed by atoms with E-state index in [1.54, 1.807) is 18.2 Å². The molecule has 0 unspecified atom stereocenters. The van der Waals surface area contributed by atoms with Crippen LogP contribution in [0.15, 0.2) is 46.9 Å². The van der Waals surface area contributed by atoms with E-state index < -0.39 is 5.97 Å². The Kier molecular flexibility index (Phi) is 4.63. The molecule has 0 heterocycles. The van der Waals surface area contributed by atoms with Gasteiger partial charge in [-0.05, 0) is 29.8 Å². The molecule has 5 heteroatoms. The van der Waals surface area contributed by atoms with Crippen molar-refractivity contribution in [3.05, 3.63) is 58.1 Å². The highest BCUT2D eigenvalue weighted by Gasteiger charge is 2.14. The molecule has 0 amide bonds. The van der Waals surface area contributed by atoms with Crippen molar-refractivity contribution in [3.8, 4) is 5.75 Å². The van der Waals surface area contributed by atoms with Gasteiger partial charge in [-0.2, -0.15) is 0 Å². The van der Waals surface area contributed by atoms with Gasteiger partial charge in [-0.3, -0.25) is 0 Å². The van der Waals surface area contributed by atoms with E-state index in [0.29, 0.717) is 17.0 Å². The van der Waals surface area contributed by atoms with E-state index in [-0.39, 0.29) is 6.61 Å². The van der Waals surface area contributed by atoms with Gasteiger partial charge in [0, 0.05) is 16.2 Å². The van der Waals surface area contributed by atoms with Gasteiger partial charge in [0.2, 0.25) is 0 Å². The Hall–Kier alpha value is -2.01. The minimum Gasteiger partial charge on any atom is -0.496 e. The Morgan fingerprint density at radius 2 is 1.90 bits per heavy atom. The SMILES string of the molecule is COc1cc(N)ccc1C(=O)OCc1ccc(Br)cc1. The summed E-state index contributed by atoms with van der Waals surface area (Å²) in [6, 6.07) is 12.4. The van der Waals surface area contributed by atoms with Crippen LogP contribution in [0, 0.1) is 0 Å². The molecule has 0 atom stereocenters. The second-order valence-corrected chi connectivity index (χ2v) is 5.08. The van der Waals surface area contributed by atoms with Gasteiger partial charge in [0.1, 0.15) is 17.9 Å². The summed E-state index contributed by atoms with van der Waals surface area (Å²) in [5.74, 6) is -0.0319. The molecule has 2 aromatic rings. The van der Waals surface area contributed by atoms with E-state index in [1.165, 1.54) is 7.11 Å². The van der Waals surface area contributed by atoms with E-state index >= 15 is 0 Å². The van der Waals surface area contributed by atoms with Crippen LogP contribution in [-0.2, 0) is 11.3 Å². The molecule has 0 aliphatic carbocycles. The second-order valence-electron chi connectivity index (χ2n) is 4.16. The van der Waals surface area contributed by atoms with Gasteiger partial charge in [0.15, 0.2) is 0 Å². The first-order chi connectivity index (χ1) is 9.60. The summed E-state index contributed by atoms with van der Waals surface area (Å²) in [6.45, 7) is 0.208. The van der Waals surface area contributed by atoms with E-state index in [9.17, 15) is 4.79 Å². The monoisotopic (exact) mass is 335 g/mol. The zero-order valence-corrected chi connectivity index (χ0v) is 12.5. The molecule has 0 saturated heterocycles. The third kappa shape index (κ3) is 3.51. The van der Waals surface area contributed by atoms with Crippen molar-refractivity contribution in [1.29, 1.82) is 0 Å². The van der Waals surface area contributed by atoms with Crippen molar-refractivity contribution in [2.24, 2.45) is 0 Å². The summed E-state index contributed by atoms with van der Waals surface area (Å²) < 4.78 is 11.4. The van der Waals surface area contributed by atoms with Crippen LogP contribution in [0.25, 0.3) is 0 Å². The normalized spacial score (nSPS) is 10.1. The highest BCUT2D eigenvalue weighted by atomic mass is 79.9. The van der Waals surface area contributed by atoms with E-state index in [2.05, 4.69) is 15.9 Å². The maximum Gasteiger partial charge on any atom is 0.342 e. The van der Waals surface area contributed by atoms with Crippen molar-refractivity contribution in [2.75, 3.05) is 12.8 Å². The van der Waals surface area contributed by atoms with Crippen LogP contribution in [0.3, 0.4) is 0 Å². The molecule has 0 fully saturated rings. The smallest absolute Gasteiger partial charge is 0.342 e. The summed E-state index contributed by atoms with van der Waals surface area (Å²) in [4.78, 5) is 12.0. The molecule has 0 aliphatic rings. The molecular formula is C15H14BrNO3. The average Bonchev–Trinajstić information content (AvgIpc) is 2.46. The van der Waals surface area contributed by atoms with Crippen LogP contribution in [-0.4, -0.2) is 13.1 Å². The number of benzene rings is 2. The maximum absolute atomic E-state index is 12.0. The second kappa shape index (κ2) is 6.43. The Balaban J connectivity index is 2.07. The summed E-state index contributed by atoms with van der Waals surface area (Å²) in [5.41, 5.74) is 7.45. The first kappa shape index (κ1) is 14.4. The molecule has 0 aromatic heterocycles. The minimum absolute atomic E-state index is 0.208. The molecule has 2 N–H and O–H groups in total. The molecule has 4 nitrogen and oxygen atoms in total. The number of carbonyl (C=O) groups is 1. The van der Waals surface area contributed by atoms with Crippen LogP contribution >= 0.6 is 15.9 Å². The van der Waals surface area contributed by atoms with Gasteiger partial charge in [0.05, 0.1) is 7.11 Å². The zero-order valence-electron chi connectivity index (χ0n) is 10.9. The van der Waals surface area contributed by atoms with Crippen LogP contribution in [0.4, 0.5) is 5.69 Å². The van der Waals surface area contributed by atoms with E-state index in [4.69, 9.17) is 15.2 Å². The number of nitrogens with two attached hydrogens (primary N) is 1. The van der Waals surface area contributed by atoms with Gasteiger partial charge < -0.3 is 15.2 Å². The third-order valence-corrected chi connectivity index (χ3v) is 3.26. The lowest BCUT2D eigenvalue weighted by Crippen LogP contribution is -2.07. The Morgan fingerprint density at radius 1 is 1.20 bits per heavy atom. The standard InChI is InChI=1S/C15H14BrNO3/c1-19-14-8-12(17)6-7-13(14)15(18)20-9-10-2-4-11(16)5-3-10/h2-8H,9,17H2,1H3. The van der Waals surface area contributed by atoms with Crippen molar-refractivity contribution in [3.63, 3.8) is 0 Å². The van der Waals surface area contributed by atoms with Crippen LogP contribution in [0.1, 0.15) is 15.9 Å². The Labute approximate surface area is 125 Å². The number of methoxy groups -OCH3 is 1. The fourth-order valence-electron chi connectivity index (χ4n) is 1.68. The fraction of sp³-hybridized carbons (Fsp3) is 0.133. The average molecular weight is 336 g/mol. The molecule has 104 valence electrons. The molecule has 0 bridgehead atoms. The first-order valence-electron chi connectivity index (χ1n) is 5.95. The third-order valence-electron chi connectivity index (χ3n) is 2.73. The minimum atomic E-state index is -0.440. The number of carbonyl (C=O) groups excluding carboxylic acids is 1. The first-order valence-corrected chi connectivity index (χ1v) is 6.74. The van der Waals surface area contributed by atoms with Gasteiger partial charge >= 0.3 is 5.97 Å². The van der Waals surface area contributed by atoms with Gasteiger partial charge in [-0.15, -0.1) is 0 Å². The number of nitrogen functional groups attached to an aromatic ring is 1. The molecule has 2 aromatic carbocycles. The molecular weight excluding hydrogens is 322 g/mol. The Bertz CT molecular complexity index is 611. The molecule has 20 heavy (non-hydrogen) atoms. The molecule has 0 aliphatic heterocycles. The lowest BCUT2D eigenvalue weighted by atomic mass is 10.2. The van der Waals surface area contributed by atoms with Crippen molar-refractivity contribution < 1.29 is 14.3 Å². The lowest BCUT2D eigenvalue weighted by Gasteiger charge is -2.09. The largest absolute Gasteiger partial charge is 0.496 e. The van der Waals surface area contributed by atoms with Crippen molar-refractivity contribution >= 4 is 27.6 Å². The molecule has 2 rings (SSSR count). The topological polar surface area (TPSA) is 61.5 Å². The lowest BCUT2D eigenvalue weighted by molar-refractivity contribution is 0.0469. The van der Waals surface area contributed by atoms with Gasteiger partial charge in [-0.25, -0.2) is 4.79 Å². The summed E-state index contributed by atoms with van der Waals surface area (Å²) in [5, 5.41) is 0. The molecule has 0 radical (unpaired) electrons. The summed E-state index contributed by atoms with van der Waals surface area (Å²) >= 11 is 3.35.